The van der Waals surface area contributed by atoms with Crippen LogP contribution in [0.1, 0.15) is 12.0 Å². The van der Waals surface area contributed by atoms with Crippen molar-refractivity contribution in [3.8, 4) is 0 Å². The molecule has 1 aliphatic rings. The van der Waals surface area contributed by atoms with Crippen LogP contribution in [-0.2, 0) is 16.1 Å². The molecule has 0 spiro atoms. The molecule has 5 nitrogen and oxygen atoms in total. The van der Waals surface area contributed by atoms with E-state index in [0.717, 1.165) is 5.56 Å². The molecule has 0 saturated carbocycles. The second-order valence-corrected chi connectivity index (χ2v) is 4.69. The fraction of sp³-hybridized carbons (Fsp3) is 0.500. The van der Waals surface area contributed by atoms with Gasteiger partial charge in [0.2, 0.25) is 0 Å². The van der Waals surface area contributed by atoms with Crippen LogP contribution in [0, 0.1) is 0 Å². The zero-order chi connectivity index (χ0) is 13.7. The number of aliphatic hydroxyl groups is 1. The van der Waals surface area contributed by atoms with Crippen LogP contribution in [0.25, 0.3) is 0 Å². The number of aliphatic hydroxyl groups excluding tert-OH is 1. The molecule has 104 valence electrons. The molecule has 19 heavy (non-hydrogen) atoms. The molecular formula is C14H19NO4. The number of hydrogen-bond donors (Lipinski definition) is 1. The number of ether oxygens (including phenoxy) is 2. The first-order chi connectivity index (χ1) is 9.19. The largest absolute Gasteiger partial charge is 0.445 e. The fourth-order valence-electron chi connectivity index (χ4n) is 2.16. The molecule has 1 saturated heterocycles. The van der Waals surface area contributed by atoms with E-state index in [1.165, 1.54) is 4.90 Å². The van der Waals surface area contributed by atoms with Gasteiger partial charge in [-0.1, -0.05) is 30.3 Å². The smallest absolute Gasteiger partial charge is 0.410 e. The minimum absolute atomic E-state index is 0.131. The van der Waals surface area contributed by atoms with Crippen molar-refractivity contribution in [1.29, 1.82) is 0 Å². The Kier molecular flexibility index (Phi) is 4.76. The molecule has 1 aromatic rings. The van der Waals surface area contributed by atoms with E-state index in [2.05, 4.69) is 0 Å². The summed E-state index contributed by atoms with van der Waals surface area (Å²) in [4.78, 5) is 13.4. The summed E-state index contributed by atoms with van der Waals surface area (Å²) in [6, 6.07) is 9.51. The number of benzene rings is 1. The molecule has 1 N–H and O–H groups in total. The van der Waals surface area contributed by atoms with Crippen LogP contribution in [0.3, 0.4) is 0 Å². The maximum absolute atomic E-state index is 11.9. The highest BCUT2D eigenvalue weighted by Crippen LogP contribution is 2.14. The van der Waals surface area contributed by atoms with E-state index in [1.54, 1.807) is 7.11 Å². The first-order valence-corrected chi connectivity index (χ1v) is 6.35. The summed E-state index contributed by atoms with van der Waals surface area (Å²) < 4.78 is 10.4. The summed E-state index contributed by atoms with van der Waals surface area (Å²) in [6.45, 7) is 0.999. The third-order valence-electron chi connectivity index (χ3n) is 3.19. The van der Waals surface area contributed by atoms with Crippen molar-refractivity contribution >= 4 is 6.09 Å². The van der Waals surface area contributed by atoms with Crippen molar-refractivity contribution in [1.82, 2.24) is 4.90 Å². The lowest BCUT2D eigenvalue weighted by atomic mass is 10.1. The molecule has 1 fully saturated rings. The van der Waals surface area contributed by atoms with E-state index in [-0.39, 0.29) is 12.7 Å². The monoisotopic (exact) mass is 265 g/mol. The van der Waals surface area contributed by atoms with Gasteiger partial charge in [0.05, 0.1) is 25.3 Å². The maximum Gasteiger partial charge on any atom is 0.410 e. The van der Waals surface area contributed by atoms with Crippen molar-refractivity contribution in [3.63, 3.8) is 0 Å². The predicted octanol–water partition coefficient (Wildman–Crippen LogP) is 1.40. The highest BCUT2D eigenvalue weighted by Gasteiger charge is 2.29. The Morgan fingerprint density at radius 2 is 2.11 bits per heavy atom. The summed E-state index contributed by atoms with van der Waals surface area (Å²) in [5.74, 6) is 0. The van der Waals surface area contributed by atoms with Gasteiger partial charge in [-0.05, 0) is 5.56 Å². The standard InChI is InChI=1S/C14H19NO4/c1-18-13-7-12(16)8-15(9-13)14(17)19-10-11-5-3-2-4-6-11/h2-6,12-13,16H,7-10H2,1H3/t12-,13-/m0/s1. The minimum atomic E-state index is -0.553. The van der Waals surface area contributed by atoms with E-state index in [0.29, 0.717) is 19.5 Å². The summed E-state index contributed by atoms with van der Waals surface area (Å²) in [7, 11) is 1.58. The number of amides is 1. The summed E-state index contributed by atoms with van der Waals surface area (Å²) in [5.41, 5.74) is 0.941. The lowest BCUT2D eigenvalue weighted by molar-refractivity contribution is -0.0287. The summed E-state index contributed by atoms with van der Waals surface area (Å²) in [6.07, 6.45) is -0.542. The van der Waals surface area contributed by atoms with Gasteiger partial charge in [0.25, 0.3) is 0 Å². The molecule has 0 unspecified atom stereocenters. The quantitative estimate of drug-likeness (QED) is 0.897. The van der Waals surface area contributed by atoms with Gasteiger partial charge in [0.1, 0.15) is 6.61 Å². The first kappa shape index (κ1) is 13.8. The Labute approximate surface area is 112 Å². The van der Waals surface area contributed by atoms with Crippen LogP contribution in [-0.4, -0.2) is 48.5 Å². The molecule has 1 amide bonds. The average molecular weight is 265 g/mol. The zero-order valence-corrected chi connectivity index (χ0v) is 11.0. The highest BCUT2D eigenvalue weighted by molar-refractivity contribution is 5.67. The first-order valence-electron chi connectivity index (χ1n) is 6.35. The van der Waals surface area contributed by atoms with Crippen molar-refractivity contribution < 1.29 is 19.4 Å². The molecule has 2 atom stereocenters. The summed E-state index contributed by atoms with van der Waals surface area (Å²) in [5, 5.41) is 9.69. The second-order valence-electron chi connectivity index (χ2n) is 4.69. The van der Waals surface area contributed by atoms with Gasteiger partial charge in [-0.25, -0.2) is 4.79 Å². The zero-order valence-electron chi connectivity index (χ0n) is 11.0. The van der Waals surface area contributed by atoms with E-state index >= 15 is 0 Å². The second kappa shape index (κ2) is 6.54. The average Bonchev–Trinajstić information content (AvgIpc) is 2.45. The number of nitrogens with zero attached hydrogens (tertiary/aromatic N) is 1. The number of β-amino-alcohol motifs (C(OH)–C–C–N with tert-alkyl or cyclic N) is 1. The SMILES string of the molecule is CO[C@H]1C[C@H](O)CN(C(=O)OCc2ccccc2)C1. The molecule has 2 rings (SSSR count). The molecule has 1 aromatic carbocycles. The third kappa shape index (κ3) is 3.94. The van der Waals surface area contributed by atoms with Crippen molar-refractivity contribution in [2.75, 3.05) is 20.2 Å². The molecule has 0 bridgehead atoms. The van der Waals surface area contributed by atoms with Gasteiger partial charge in [0, 0.05) is 13.5 Å². The normalized spacial score (nSPS) is 23.2. The molecule has 1 heterocycles. The lowest BCUT2D eigenvalue weighted by Gasteiger charge is -2.34. The molecule has 0 aromatic heterocycles. The number of rotatable bonds is 3. The lowest BCUT2D eigenvalue weighted by Crippen LogP contribution is -2.49. The van der Waals surface area contributed by atoms with Crippen LogP contribution in [0.15, 0.2) is 30.3 Å². The van der Waals surface area contributed by atoms with E-state index in [4.69, 9.17) is 9.47 Å². The number of carbonyl (C=O) groups excluding carboxylic acids is 1. The maximum atomic E-state index is 11.9. The Bertz CT molecular complexity index is 409. The Morgan fingerprint density at radius 1 is 1.37 bits per heavy atom. The van der Waals surface area contributed by atoms with E-state index < -0.39 is 12.2 Å². The van der Waals surface area contributed by atoms with Gasteiger partial charge in [-0.15, -0.1) is 0 Å². The van der Waals surface area contributed by atoms with Crippen LogP contribution in [0.4, 0.5) is 4.79 Å². The van der Waals surface area contributed by atoms with Gasteiger partial charge < -0.3 is 19.5 Å². The Morgan fingerprint density at radius 3 is 2.79 bits per heavy atom. The minimum Gasteiger partial charge on any atom is -0.445 e. The van der Waals surface area contributed by atoms with Crippen molar-refractivity contribution in [3.05, 3.63) is 35.9 Å². The van der Waals surface area contributed by atoms with Crippen molar-refractivity contribution in [2.24, 2.45) is 0 Å². The number of carbonyl (C=O) groups is 1. The van der Waals surface area contributed by atoms with Gasteiger partial charge >= 0.3 is 6.09 Å². The van der Waals surface area contributed by atoms with E-state index in [1.807, 2.05) is 30.3 Å². The van der Waals surface area contributed by atoms with Crippen LogP contribution >= 0.6 is 0 Å². The van der Waals surface area contributed by atoms with Gasteiger partial charge in [-0.3, -0.25) is 0 Å². The molecule has 0 radical (unpaired) electrons. The topological polar surface area (TPSA) is 59.0 Å². The molecular weight excluding hydrogens is 246 g/mol. The molecule has 5 heteroatoms. The Balaban J connectivity index is 1.85. The fourth-order valence-corrected chi connectivity index (χ4v) is 2.16. The van der Waals surface area contributed by atoms with Crippen LogP contribution in [0.2, 0.25) is 0 Å². The molecule has 1 aliphatic heterocycles. The summed E-state index contributed by atoms with van der Waals surface area (Å²) >= 11 is 0. The number of likely N-dealkylation sites (tertiary alicyclic amines) is 1. The van der Waals surface area contributed by atoms with Gasteiger partial charge in [0.15, 0.2) is 0 Å². The van der Waals surface area contributed by atoms with Crippen molar-refractivity contribution in [2.45, 2.75) is 25.2 Å². The van der Waals surface area contributed by atoms with E-state index in [9.17, 15) is 9.90 Å². The predicted molar refractivity (Wildman–Crippen MR) is 69.6 cm³/mol. The molecule has 0 aliphatic carbocycles. The number of methoxy groups -OCH3 is 1. The highest BCUT2D eigenvalue weighted by atomic mass is 16.6. The number of piperidine rings is 1. The van der Waals surface area contributed by atoms with Crippen LogP contribution in [0.5, 0.6) is 0 Å². The number of hydrogen-bond acceptors (Lipinski definition) is 4. The third-order valence-corrected chi connectivity index (χ3v) is 3.19. The Hall–Kier alpha value is -1.59. The van der Waals surface area contributed by atoms with Gasteiger partial charge in [-0.2, -0.15) is 0 Å². The van der Waals surface area contributed by atoms with Crippen LogP contribution < -0.4 is 0 Å².